The number of aliphatic hydroxyl groups is 2. The van der Waals surface area contributed by atoms with Gasteiger partial charge in [-0.2, -0.15) is 0 Å². The normalized spacial score (nSPS) is 26.2. The first-order chi connectivity index (χ1) is 14.8. The average Bonchev–Trinajstić information content (AvgIpc) is 3.24. The first-order valence-corrected chi connectivity index (χ1v) is 11.8. The van der Waals surface area contributed by atoms with Gasteiger partial charge in [0.15, 0.2) is 0 Å². The molecule has 0 heterocycles. The quantitative estimate of drug-likeness (QED) is 0.430. The molecule has 4 nitrogen and oxygen atoms in total. The maximum absolute atomic E-state index is 11.7. The Morgan fingerprint density at radius 1 is 1.26 bits per heavy atom. The lowest BCUT2D eigenvalue weighted by molar-refractivity contribution is -0.128. The van der Waals surface area contributed by atoms with Crippen LogP contribution in [0.25, 0.3) is 0 Å². The zero-order chi connectivity index (χ0) is 22.4. The molecular formula is C27H39NO3. The van der Waals surface area contributed by atoms with Gasteiger partial charge in [-0.05, 0) is 69.3 Å². The van der Waals surface area contributed by atoms with E-state index in [-0.39, 0.29) is 17.9 Å². The lowest BCUT2D eigenvalue weighted by atomic mass is 9.88. The Balaban J connectivity index is 1.44. The monoisotopic (exact) mass is 425 g/mol. The molecule has 1 aromatic carbocycles. The minimum absolute atomic E-state index is 0.127. The molecule has 0 radical (unpaired) electrons. The summed E-state index contributed by atoms with van der Waals surface area (Å²) in [6, 6.07) is 8.43. The predicted octanol–water partition coefficient (Wildman–Crippen LogP) is 4.44. The van der Waals surface area contributed by atoms with Crippen LogP contribution < -0.4 is 0 Å². The van der Waals surface area contributed by atoms with E-state index in [1.54, 1.807) is 4.90 Å². The van der Waals surface area contributed by atoms with Gasteiger partial charge in [0.2, 0.25) is 5.91 Å². The van der Waals surface area contributed by atoms with Gasteiger partial charge in [-0.3, -0.25) is 4.79 Å². The number of aliphatic hydroxyl groups excluding tert-OH is 2. The first kappa shape index (κ1) is 23.7. The summed E-state index contributed by atoms with van der Waals surface area (Å²) in [6.45, 7) is 2.09. The van der Waals surface area contributed by atoms with E-state index in [1.807, 2.05) is 20.2 Å². The highest BCUT2D eigenvalue weighted by molar-refractivity contribution is 5.75. The van der Waals surface area contributed by atoms with Crippen LogP contribution >= 0.6 is 0 Å². The SMILES string of the molecule is Cc1cccc(CC[C@H](O)C=C[C@@H]2[C@H]3CC(CCCCC(=O)N(C)C)=C[C@H]3C[C@H]2O)c1. The molecule has 1 fully saturated rings. The van der Waals surface area contributed by atoms with Crippen LogP contribution in [-0.4, -0.2) is 47.3 Å². The Morgan fingerprint density at radius 2 is 2.06 bits per heavy atom. The number of hydrogen-bond acceptors (Lipinski definition) is 3. The smallest absolute Gasteiger partial charge is 0.222 e. The van der Waals surface area contributed by atoms with Crippen LogP contribution in [0.15, 0.2) is 48.1 Å². The third-order valence-corrected chi connectivity index (χ3v) is 6.95. The van der Waals surface area contributed by atoms with E-state index in [1.165, 1.54) is 16.7 Å². The number of fused-ring (bicyclic) bond motifs is 1. The standard InChI is InChI=1S/C27H39NO3/c1-19-7-6-9-20(15-19)11-12-23(29)13-14-24-25-17-21(16-22(25)18-26(24)30)8-4-5-10-27(31)28(2)3/h6-7,9,13-16,22-26,29-30H,4-5,8,10-12,17-18H2,1-3H3/t22-,23-,24+,25-,26+/m0/s1. The van der Waals surface area contributed by atoms with Crippen molar-refractivity contribution >= 4 is 5.91 Å². The van der Waals surface area contributed by atoms with Gasteiger partial charge in [0.25, 0.3) is 0 Å². The van der Waals surface area contributed by atoms with Crippen molar-refractivity contribution in [3.8, 4) is 0 Å². The number of nitrogens with zero attached hydrogens (tertiary/aromatic N) is 1. The molecule has 170 valence electrons. The van der Waals surface area contributed by atoms with Crippen molar-refractivity contribution in [3.05, 3.63) is 59.2 Å². The lowest BCUT2D eigenvalue weighted by Crippen LogP contribution is -2.21. The van der Waals surface area contributed by atoms with Gasteiger partial charge in [0.05, 0.1) is 12.2 Å². The second kappa shape index (κ2) is 11.1. The van der Waals surface area contributed by atoms with Crippen molar-refractivity contribution in [2.24, 2.45) is 17.8 Å². The number of rotatable bonds is 10. The van der Waals surface area contributed by atoms with E-state index in [2.05, 4.69) is 43.3 Å². The molecule has 1 aromatic rings. The third kappa shape index (κ3) is 6.78. The Hall–Kier alpha value is -1.91. The molecule has 5 atom stereocenters. The van der Waals surface area contributed by atoms with Crippen LogP contribution in [0.1, 0.15) is 56.1 Å². The topological polar surface area (TPSA) is 60.8 Å². The van der Waals surface area contributed by atoms with Crippen molar-refractivity contribution < 1.29 is 15.0 Å². The van der Waals surface area contributed by atoms with Gasteiger partial charge in [-0.1, -0.05) is 53.6 Å². The number of benzene rings is 1. The molecule has 0 aliphatic heterocycles. The predicted molar refractivity (Wildman–Crippen MR) is 126 cm³/mol. The van der Waals surface area contributed by atoms with Crippen molar-refractivity contribution in [3.63, 3.8) is 0 Å². The first-order valence-electron chi connectivity index (χ1n) is 11.8. The number of allylic oxidation sites excluding steroid dienone is 2. The van der Waals surface area contributed by atoms with Crippen molar-refractivity contribution in [2.75, 3.05) is 14.1 Å². The molecule has 2 N–H and O–H groups in total. The zero-order valence-electron chi connectivity index (χ0n) is 19.3. The molecule has 1 amide bonds. The van der Waals surface area contributed by atoms with E-state index in [0.717, 1.165) is 38.5 Å². The highest BCUT2D eigenvalue weighted by Crippen LogP contribution is 2.48. The second-order valence-corrected chi connectivity index (χ2v) is 9.71. The van der Waals surface area contributed by atoms with E-state index in [0.29, 0.717) is 24.7 Å². The van der Waals surface area contributed by atoms with Crippen LogP contribution in [0.3, 0.4) is 0 Å². The summed E-state index contributed by atoms with van der Waals surface area (Å²) in [7, 11) is 3.61. The molecule has 31 heavy (non-hydrogen) atoms. The van der Waals surface area contributed by atoms with E-state index in [9.17, 15) is 15.0 Å². The van der Waals surface area contributed by atoms with Crippen LogP contribution in [0.2, 0.25) is 0 Å². The van der Waals surface area contributed by atoms with Gasteiger partial charge in [-0.15, -0.1) is 0 Å². The number of amides is 1. The molecule has 0 spiro atoms. The van der Waals surface area contributed by atoms with Crippen LogP contribution in [0.5, 0.6) is 0 Å². The Labute approximate surface area is 187 Å². The van der Waals surface area contributed by atoms with Crippen LogP contribution in [-0.2, 0) is 11.2 Å². The zero-order valence-corrected chi connectivity index (χ0v) is 19.3. The van der Waals surface area contributed by atoms with E-state index in [4.69, 9.17) is 0 Å². The number of carbonyl (C=O) groups is 1. The fraction of sp³-hybridized carbons (Fsp3) is 0.593. The number of hydrogen-bond donors (Lipinski definition) is 2. The number of aryl methyl sites for hydroxylation is 2. The van der Waals surface area contributed by atoms with Gasteiger partial charge in [-0.25, -0.2) is 0 Å². The molecule has 0 unspecified atom stereocenters. The van der Waals surface area contributed by atoms with Crippen LogP contribution in [0.4, 0.5) is 0 Å². The summed E-state index contributed by atoms with van der Waals surface area (Å²) >= 11 is 0. The molecule has 0 bridgehead atoms. The lowest BCUT2D eigenvalue weighted by Gasteiger charge is -2.19. The second-order valence-electron chi connectivity index (χ2n) is 9.71. The minimum atomic E-state index is -0.477. The van der Waals surface area contributed by atoms with Gasteiger partial charge >= 0.3 is 0 Å². The summed E-state index contributed by atoms with van der Waals surface area (Å²) in [4.78, 5) is 13.4. The molecule has 2 aliphatic rings. The fourth-order valence-corrected chi connectivity index (χ4v) is 5.18. The molecule has 2 aliphatic carbocycles. The molecule has 3 rings (SSSR count). The molecule has 0 saturated heterocycles. The van der Waals surface area contributed by atoms with E-state index >= 15 is 0 Å². The molecule has 0 aromatic heterocycles. The summed E-state index contributed by atoms with van der Waals surface area (Å²) in [5.41, 5.74) is 3.99. The van der Waals surface area contributed by atoms with Crippen molar-refractivity contribution in [1.29, 1.82) is 0 Å². The summed E-state index contributed by atoms with van der Waals surface area (Å²) in [6.07, 6.45) is 12.6. The number of unbranched alkanes of at least 4 members (excludes halogenated alkanes) is 1. The Bertz CT molecular complexity index is 797. The largest absolute Gasteiger partial charge is 0.392 e. The third-order valence-electron chi connectivity index (χ3n) is 6.95. The van der Waals surface area contributed by atoms with Gasteiger partial charge in [0, 0.05) is 26.4 Å². The Morgan fingerprint density at radius 3 is 2.81 bits per heavy atom. The highest BCUT2D eigenvalue weighted by atomic mass is 16.3. The summed E-state index contributed by atoms with van der Waals surface area (Å²) in [5.74, 6) is 1.23. The molecule has 4 heteroatoms. The maximum Gasteiger partial charge on any atom is 0.222 e. The fourth-order valence-electron chi connectivity index (χ4n) is 5.18. The van der Waals surface area contributed by atoms with Gasteiger partial charge < -0.3 is 15.1 Å². The molecular weight excluding hydrogens is 386 g/mol. The minimum Gasteiger partial charge on any atom is -0.392 e. The summed E-state index contributed by atoms with van der Waals surface area (Å²) < 4.78 is 0. The average molecular weight is 426 g/mol. The van der Waals surface area contributed by atoms with Crippen LogP contribution in [0, 0.1) is 24.7 Å². The highest BCUT2D eigenvalue weighted by Gasteiger charge is 2.43. The van der Waals surface area contributed by atoms with E-state index < -0.39 is 6.10 Å². The Kier molecular flexibility index (Phi) is 8.50. The summed E-state index contributed by atoms with van der Waals surface area (Å²) in [5, 5.41) is 21.0. The van der Waals surface area contributed by atoms with Crippen molar-refractivity contribution in [1.82, 2.24) is 4.90 Å². The molecule has 1 saturated carbocycles. The number of carbonyl (C=O) groups excluding carboxylic acids is 1. The van der Waals surface area contributed by atoms with Gasteiger partial charge in [0.1, 0.15) is 0 Å². The maximum atomic E-state index is 11.7. The van der Waals surface area contributed by atoms with Crippen molar-refractivity contribution in [2.45, 2.75) is 70.5 Å².